The first kappa shape index (κ1) is 35.7. The lowest BCUT2D eigenvalue weighted by Gasteiger charge is -2.12. The zero-order chi connectivity index (χ0) is 34.9. The topological polar surface area (TPSA) is 258 Å². The Balaban J connectivity index is 1.66. The molecule has 0 saturated heterocycles. The van der Waals surface area contributed by atoms with E-state index in [9.17, 15) is 25.9 Å². The Kier molecular flexibility index (Phi) is 11.6. The lowest BCUT2D eigenvalue weighted by atomic mass is 10.1. The number of benzene rings is 2. The summed E-state index contributed by atoms with van der Waals surface area (Å²) in [5.41, 5.74) is 0.526. The smallest absolute Gasteiger partial charge is 0.295 e. The zero-order valence-corrected chi connectivity index (χ0v) is 28.1. The summed E-state index contributed by atoms with van der Waals surface area (Å²) in [6, 6.07) is 8.18. The number of nitrogens with one attached hydrogen (secondary N) is 6. The van der Waals surface area contributed by atoms with Crippen molar-refractivity contribution in [1.82, 2.24) is 29.9 Å². The fraction of sp³-hybridized carbons (Fsp3) is 0.286. The van der Waals surface area contributed by atoms with Gasteiger partial charge in [-0.05, 0) is 63.1 Å². The highest BCUT2D eigenvalue weighted by molar-refractivity contribution is 7.86. The van der Waals surface area contributed by atoms with Crippen molar-refractivity contribution in [3.05, 3.63) is 47.5 Å². The summed E-state index contributed by atoms with van der Waals surface area (Å²) in [4.78, 5) is 24.6. The molecule has 2 aromatic heterocycles. The highest BCUT2D eigenvalue weighted by Gasteiger charge is 2.19. The molecular weight excluding hydrogens is 665 g/mol. The zero-order valence-electron chi connectivity index (χ0n) is 26.5. The summed E-state index contributed by atoms with van der Waals surface area (Å²) in [6.07, 6.45) is 2.58. The molecule has 0 atom stereocenters. The van der Waals surface area contributed by atoms with Gasteiger partial charge in [0, 0.05) is 37.6 Å². The van der Waals surface area contributed by atoms with Crippen molar-refractivity contribution >= 4 is 79.5 Å². The van der Waals surface area contributed by atoms with Crippen molar-refractivity contribution in [3.63, 3.8) is 0 Å². The highest BCUT2D eigenvalue weighted by atomic mass is 32.2. The average Bonchev–Trinajstić information content (AvgIpc) is 3.00. The van der Waals surface area contributed by atoms with Crippen LogP contribution in [0, 0.1) is 0 Å². The number of hydrogen-bond acceptors (Lipinski definition) is 16. The van der Waals surface area contributed by atoms with Gasteiger partial charge >= 0.3 is 0 Å². The largest absolute Gasteiger partial charge is 0.354 e. The molecular formula is C28H36N12O6S2. The minimum absolute atomic E-state index is 0.0287. The molecule has 0 unspecified atom stereocenters. The summed E-state index contributed by atoms with van der Waals surface area (Å²) in [5.74, 6) is 1.39. The molecule has 4 aromatic rings. The SMILES string of the molecule is CCNc1nc(NCC)nc(Nc2ccc(/C=C/c3ccc(Nc4nc(NCC)nc(NCC)n4)cc3S(=O)(=O)O)c(S(=O)(=O)O)c2)n1. The number of rotatable bonds is 16. The highest BCUT2D eigenvalue weighted by Crippen LogP contribution is 2.28. The van der Waals surface area contributed by atoms with E-state index in [0.29, 0.717) is 50.0 Å². The van der Waals surface area contributed by atoms with Crippen molar-refractivity contribution in [1.29, 1.82) is 0 Å². The molecule has 0 aliphatic carbocycles. The van der Waals surface area contributed by atoms with Crippen LogP contribution in [0.15, 0.2) is 46.2 Å². The lowest BCUT2D eigenvalue weighted by Crippen LogP contribution is -2.11. The van der Waals surface area contributed by atoms with Gasteiger partial charge in [0.25, 0.3) is 20.2 Å². The minimum atomic E-state index is -4.76. The molecule has 256 valence electrons. The van der Waals surface area contributed by atoms with Crippen LogP contribution >= 0.6 is 0 Å². The van der Waals surface area contributed by atoms with Gasteiger partial charge in [-0.25, -0.2) is 0 Å². The Morgan fingerprint density at radius 3 is 1.08 bits per heavy atom. The Morgan fingerprint density at radius 1 is 0.521 bits per heavy atom. The Morgan fingerprint density at radius 2 is 0.812 bits per heavy atom. The van der Waals surface area contributed by atoms with Crippen molar-refractivity contribution in [2.75, 3.05) is 58.1 Å². The summed E-state index contributed by atoms with van der Waals surface area (Å²) < 4.78 is 69.6. The maximum Gasteiger partial charge on any atom is 0.295 e. The quantitative estimate of drug-likeness (QED) is 0.0608. The second kappa shape index (κ2) is 15.6. The van der Waals surface area contributed by atoms with Crippen molar-refractivity contribution < 1.29 is 25.9 Å². The minimum Gasteiger partial charge on any atom is -0.354 e. The molecule has 2 aromatic carbocycles. The van der Waals surface area contributed by atoms with Gasteiger partial charge < -0.3 is 31.9 Å². The Hall–Kier alpha value is -5.18. The fourth-order valence-corrected chi connectivity index (χ4v) is 5.62. The van der Waals surface area contributed by atoms with Crippen LogP contribution in [0.3, 0.4) is 0 Å². The number of anilines is 8. The second-order valence-corrected chi connectivity index (χ2v) is 12.6. The first-order valence-electron chi connectivity index (χ1n) is 14.8. The van der Waals surface area contributed by atoms with E-state index >= 15 is 0 Å². The number of nitrogens with zero attached hydrogens (tertiary/aromatic N) is 6. The van der Waals surface area contributed by atoms with E-state index in [2.05, 4.69) is 61.8 Å². The lowest BCUT2D eigenvalue weighted by molar-refractivity contribution is 0.480. The van der Waals surface area contributed by atoms with Crippen molar-refractivity contribution in [2.24, 2.45) is 0 Å². The normalized spacial score (nSPS) is 11.7. The third-order valence-corrected chi connectivity index (χ3v) is 7.97. The van der Waals surface area contributed by atoms with Crippen LogP contribution in [-0.2, 0) is 20.2 Å². The van der Waals surface area contributed by atoms with Crippen LogP contribution in [0.5, 0.6) is 0 Å². The van der Waals surface area contributed by atoms with E-state index in [0.717, 1.165) is 0 Å². The maximum atomic E-state index is 12.4. The molecule has 0 fully saturated rings. The predicted octanol–water partition coefficient (Wildman–Crippen LogP) is 3.93. The summed E-state index contributed by atoms with van der Waals surface area (Å²) in [6.45, 7) is 9.70. The monoisotopic (exact) mass is 700 g/mol. The van der Waals surface area contributed by atoms with E-state index < -0.39 is 30.0 Å². The Labute approximate surface area is 277 Å². The third kappa shape index (κ3) is 9.67. The molecule has 0 aliphatic rings. The first-order valence-corrected chi connectivity index (χ1v) is 17.6. The van der Waals surface area contributed by atoms with Crippen LogP contribution in [-0.4, -0.2) is 82.0 Å². The van der Waals surface area contributed by atoms with Gasteiger partial charge in [0.15, 0.2) is 0 Å². The maximum absolute atomic E-state index is 12.4. The van der Waals surface area contributed by atoms with Crippen LogP contribution in [0.4, 0.5) is 47.1 Å². The summed E-state index contributed by atoms with van der Waals surface area (Å²) in [5, 5.41) is 17.8. The van der Waals surface area contributed by atoms with E-state index in [1.807, 2.05) is 27.7 Å². The predicted molar refractivity (Wildman–Crippen MR) is 184 cm³/mol. The van der Waals surface area contributed by atoms with Crippen LogP contribution in [0.2, 0.25) is 0 Å². The van der Waals surface area contributed by atoms with Gasteiger partial charge in [-0.2, -0.15) is 46.7 Å². The number of hydrogen-bond donors (Lipinski definition) is 8. The first-order chi connectivity index (χ1) is 22.8. The molecule has 0 saturated carbocycles. The third-order valence-electron chi connectivity index (χ3n) is 6.15. The van der Waals surface area contributed by atoms with Gasteiger partial charge in [-0.15, -0.1) is 0 Å². The van der Waals surface area contributed by atoms with Crippen LogP contribution in [0.25, 0.3) is 12.2 Å². The molecule has 48 heavy (non-hydrogen) atoms. The van der Waals surface area contributed by atoms with E-state index in [1.54, 1.807) is 0 Å². The molecule has 0 radical (unpaired) electrons. The molecule has 0 spiro atoms. The van der Waals surface area contributed by atoms with Crippen LogP contribution < -0.4 is 31.9 Å². The van der Waals surface area contributed by atoms with Gasteiger partial charge in [0.05, 0.1) is 0 Å². The fourth-order valence-electron chi connectivity index (χ4n) is 4.20. The molecule has 0 aliphatic heterocycles. The van der Waals surface area contributed by atoms with Gasteiger partial charge in [-0.3, -0.25) is 9.11 Å². The standard InChI is InChI=1S/C28H36N12O6S2/c1-5-29-23-35-24(30-6-2)38-27(37-23)33-19-13-11-17(21(15-19)47(41,42)43)9-10-18-12-14-20(16-22(18)48(44,45)46)34-28-39-25(31-7-3)36-26(40-28)32-8-4/h9-16H,5-8H2,1-4H3,(H,41,42,43)(H,44,45,46)(H3,29,30,33,35,37,38)(H3,31,32,34,36,39,40)/b10-9+. The molecule has 8 N–H and O–H groups in total. The van der Waals surface area contributed by atoms with E-state index in [1.165, 1.54) is 48.6 Å². The Bertz CT molecular complexity index is 1820. The summed E-state index contributed by atoms with van der Waals surface area (Å²) in [7, 11) is -9.52. The average molecular weight is 701 g/mol. The number of aromatic nitrogens is 6. The molecule has 2 heterocycles. The molecule has 4 rings (SSSR count). The second-order valence-electron chi connectivity index (χ2n) is 9.77. The summed E-state index contributed by atoms with van der Waals surface area (Å²) >= 11 is 0. The van der Waals surface area contributed by atoms with Crippen LogP contribution in [0.1, 0.15) is 38.8 Å². The van der Waals surface area contributed by atoms with Gasteiger partial charge in [-0.1, -0.05) is 24.3 Å². The van der Waals surface area contributed by atoms with Gasteiger partial charge in [0.1, 0.15) is 9.79 Å². The van der Waals surface area contributed by atoms with Gasteiger partial charge in [0.2, 0.25) is 35.7 Å². The molecule has 18 nitrogen and oxygen atoms in total. The van der Waals surface area contributed by atoms with E-state index in [-0.39, 0.29) is 34.4 Å². The van der Waals surface area contributed by atoms with Crippen molar-refractivity contribution in [2.45, 2.75) is 37.5 Å². The molecule has 0 amide bonds. The molecule has 20 heteroatoms. The van der Waals surface area contributed by atoms with E-state index in [4.69, 9.17) is 0 Å². The molecule has 0 bridgehead atoms. The van der Waals surface area contributed by atoms with Crippen molar-refractivity contribution in [3.8, 4) is 0 Å².